The second-order valence-corrected chi connectivity index (χ2v) is 7.94. The Hall–Kier alpha value is -3.15. The Labute approximate surface area is 204 Å². The maximum atomic E-state index is 13.8. The minimum Gasteiger partial charge on any atom is -0.491 e. The summed E-state index contributed by atoms with van der Waals surface area (Å²) in [6, 6.07) is 17.7. The SMILES string of the molecule is CC.Cc1c(Cl)ccc2c(C(=O)Cc3ccc(F)cc3OCCOCc3ccccc3)c[nH]c12. The standard InChI is InChI=1S/C26H23ClFNO3.C2H6/c1-17-23(27)10-9-21-22(15-29-26(17)21)24(30)13-19-7-8-20(28)14-25(19)32-12-11-31-16-18-5-3-2-4-6-18;1-2/h2-10,14-15,29H,11-13,16H2,1H3;1-2H3. The Balaban J connectivity index is 0.00000158. The lowest BCUT2D eigenvalue weighted by Crippen LogP contribution is -2.10. The molecule has 0 amide bonds. The zero-order chi connectivity index (χ0) is 24.5. The number of fused-ring (bicyclic) bond motifs is 1. The van der Waals surface area contributed by atoms with Crippen molar-refractivity contribution in [3.8, 4) is 5.75 Å². The van der Waals surface area contributed by atoms with Crippen LogP contribution < -0.4 is 4.74 Å². The van der Waals surface area contributed by atoms with Crippen molar-refractivity contribution in [1.82, 2.24) is 4.98 Å². The van der Waals surface area contributed by atoms with Gasteiger partial charge in [0.2, 0.25) is 0 Å². The summed E-state index contributed by atoms with van der Waals surface area (Å²) >= 11 is 6.18. The number of nitrogens with one attached hydrogen (secondary N) is 1. The van der Waals surface area contributed by atoms with E-state index in [4.69, 9.17) is 21.1 Å². The lowest BCUT2D eigenvalue weighted by molar-refractivity contribution is 0.0882. The molecule has 0 bridgehead atoms. The molecule has 34 heavy (non-hydrogen) atoms. The van der Waals surface area contributed by atoms with Crippen LogP contribution in [0.25, 0.3) is 10.9 Å². The Morgan fingerprint density at radius 2 is 1.79 bits per heavy atom. The highest BCUT2D eigenvalue weighted by molar-refractivity contribution is 6.32. The van der Waals surface area contributed by atoms with E-state index in [0.717, 1.165) is 22.0 Å². The summed E-state index contributed by atoms with van der Waals surface area (Å²) < 4.78 is 25.2. The number of hydrogen-bond acceptors (Lipinski definition) is 3. The molecule has 0 spiro atoms. The van der Waals surface area contributed by atoms with Crippen LogP contribution in [0.4, 0.5) is 4.39 Å². The number of ether oxygens (including phenoxy) is 2. The fourth-order valence-corrected chi connectivity index (χ4v) is 3.76. The smallest absolute Gasteiger partial charge is 0.169 e. The van der Waals surface area contributed by atoms with Gasteiger partial charge in [-0.05, 0) is 30.2 Å². The number of carbonyl (C=O) groups excluding carboxylic acids is 1. The van der Waals surface area contributed by atoms with E-state index in [1.54, 1.807) is 18.3 Å². The van der Waals surface area contributed by atoms with Gasteiger partial charge < -0.3 is 14.5 Å². The quantitative estimate of drug-likeness (QED) is 0.201. The van der Waals surface area contributed by atoms with Crippen molar-refractivity contribution < 1.29 is 18.7 Å². The van der Waals surface area contributed by atoms with Crippen molar-refractivity contribution in [1.29, 1.82) is 0 Å². The first-order valence-corrected chi connectivity index (χ1v) is 11.7. The van der Waals surface area contributed by atoms with Gasteiger partial charge in [-0.2, -0.15) is 0 Å². The number of hydrogen-bond donors (Lipinski definition) is 1. The van der Waals surface area contributed by atoms with Gasteiger partial charge in [-0.25, -0.2) is 4.39 Å². The van der Waals surface area contributed by atoms with Gasteiger partial charge in [-0.3, -0.25) is 4.79 Å². The largest absolute Gasteiger partial charge is 0.491 e. The highest BCUT2D eigenvalue weighted by atomic mass is 35.5. The zero-order valence-electron chi connectivity index (χ0n) is 19.7. The molecular weight excluding hydrogens is 453 g/mol. The predicted molar refractivity (Wildman–Crippen MR) is 135 cm³/mol. The van der Waals surface area contributed by atoms with Crippen LogP contribution in [0.5, 0.6) is 5.75 Å². The Kier molecular flexibility index (Phi) is 9.25. The zero-order valence-corrected chi connectivity index (χ0v) is 20.4. The molecule has 1 heterocycles. The Bertz CT molecular complexity index is 1240. The van der Waals surface area contributed by atoms with E-state index in [9.17, 15) is 9.18 Å². The van der Waals surface area contributed by atoms with E-state index in [-0.39, 0.29) is 18.8 Å². The fraction of sp³-hybridized carbons (Fsp3) is 0.250. The number of aromatic amines is 1. The first-order valence-electron chi connectivity index (χ1n) is 11.3. The summed E-state index contributed by atoms with van der Waals surface area (Å²) in [6.45, 7) is 6.98. The minimum absolute atomic E-state index is 0.0882. The van der Waals surface area contributed by atoms with Gasteiger partial charge >= 0.3 is 0 Å². The molecule has 0 fully saturated rings. The molecule has 0 saturated carbocycles. The van der Waals surface area contributed by atoms with Gasteiger partial charge in [0.05, 0.1) is 18.7 Å². The molecule has 4 aromatic rings. The summed E-state index contributed by atoms with van der Waals surface area (Å²) in [5.74, 6) is -0.158. The molecule has 1 aromatic heterocycles. The number of halogens is 2. The van der Waals surface area contributed by atoms with E-state index in [0.29, 0.717) is 35.1 Å². The van der Waals surface area contributed by atoms with Crippen LogP contribution in [0.15, 0.2) is 66.9 Å². The van der Waals surface area contributed by atoms with E-state index in [1.807, 2.05) is 57.2 Å². The molecule has 4 rings (SSSR count). The number of benzene rings is 3. The highest BCUT2D eigenvalue weighted by Crippen LogP contribution is 2.29. The molecule has 4 nitrogen and oxygen atoms in total. The van der Waals surface area contributed by atoms with Crippen molar-refractivity contribution in [2.75, 3.05) is 13.2 Å². The van der Waals surface area contributed by atoms with Crippen LogP contribution in [-0.2, 0) is 17.8 Å². The molecule has 0 aliphatic heterocycles. The maximum Gasteiger partial charge on any atom is 0.169 e. The van der Waals surface area contributed by atoms with Crippen molar-refractivity contribution in [3.63, 3.8) is 0 Å². The van der Waals surface area contributed by atoms with Crippen LogP contribution >= 0.6 is 11.6 Å². The number of aromatic nitrogens is 1. The molecule has 0 unspecified atom stereocenters. The van der Waals surface area contributed by atoms with Crippen LogP contribution in [0, 0.1) is 12.7 Å². The van der Waals surface area contributed by atoms with E-state index in [2.05, 4.69) is 4.98 Å². The third-order valence-electron chi connectivity index (χ3n) is 5.33. The lowest BCUT2D eigenvalue weighted by Gasteiger charge is -2.12. The molecule has 3 aromatic carbocycles. The molecule has 1 N–H and O–H groups in total. The van der Waals surface area contributed by atoms with Crippen LogP contribution in [0.3, 0.4) is 0 Å². The second kappa shape index (κ2) is 12.4. The number of H-pyrrole nitrogens is 1. The molecule has 0 atom stereocenters. The lowest BCUT2D eigenvalue weighted by atomic mass is 10.0. The molecular formula is C28H29ClFNO3. The van der Waals surface area contributed by atoms with Crippen molar-refractivity contribution in [2.45, 2.75) is 33.8 Å². The van der Waals surface area contributed by atoms with Crippen LogP contribution in [-0.4, -0.2) is 24.0 Å². The van der Waals surface area contributed by atoms with E-state index < -0.39 is 5.82 Å². The highest BCUT2D eigenvalue weighted by Gasteiger charge is 2.17. The minimum atomic E-state index is -0.418. The topological polar surface area (TPSA) is 51.3 Å². The van der Waals surface area contributed by atoms with Gasteiger partial charge in [-0.1, -0.05) is 67.9 Å². The van der Waals surface area contributed by atoms with E-state index >= 15 is 0 Å². The second-order valence-electron chi connectivity index (χ2n) is 7.54. The normalized spacial score (nSPS) is 10.6. The van der Waals surface area contributed by atoms with Crippen molar-refractivity contribution in [3.05, 3.63) is 100.0 Å². The first kappa shape index (κ1) is 25.5. The summed E-state index contributed by atoms with van der Waals surface area (Å²) in [6.07, 6.45) is 1.78. The summed E-state index contributed by atoms with van der Waals surface area (Å²) in [5.41, 5.74) is 4.00. The molecule has 0 aliphatic rings. The van der Waals surface area contributed by atoms with Gasteiger partial charge in [0.25, 0.3) is 0 Å². The summed E-state index contributed by atoms with van der Waals surface area (Å²) in [7, 11) is 0. The van der Waals surface area contributed by atoms with Crippen molar-refractivity contribution in [2.24, 2.45) is 0 Å². The van der Waals surface area contributed by atoms with E-state index in [1.165, 1.54) is 12.1 Å². The third kappa shape index (κ3) is 6.25. The number of ketones is 1. The van der Waals surface area contributed by atoms with Crippen LogP contribution in [0.1, 0.15) is 40.9 Å². The van der Waals surface area contributed by atoms with Gasteiger partial charge in [0, 0.05) is 40.2 Å². The number of rotatable bonds is 9. The summed E-state index contributed by atoms with van der Waals surface area (Å²) in [5, 5.41) is 1.46. The maximum absolute atomic E-state index is 13.8. The number of carbonyl (C=O) groups is 1. The number of Topliss-reactive ketones (excluding diaryl/α,β-unsaturated/α-hetero) is 1. The molecule has 0 saturated heterocycles. The van der Waals surface area contributed by atoms with Crippen molar-refractivity contribution >= 4 is 28.3 Å². The monoisotopic (exact) mass is 481 g/mol. The molecule has 0 aliphatic carbocycles. The van der Waals surface area contributed by atoms with Gasteiger partial charge in [-0.15, -0.1) is 0 Å². The summed E-state index contributed by atoms with van der Waals surface area (Å²) in [4.78, 5) is 16.2. The average Bonchev–Trinajstić information content (AvgIpc) is 3.30. The fourth-order valence-electron chi connectivity index (χ4n) is 3.60. The van der Waals surface area contributed by atoms with Gasteiger partial charge in [0.1, 0.15) is 18.2 Å². The predicted octanol–water partition coefficient (Wildman–Crippen LogP) is 7.32. The van der Waals surface area contributed by atoms with Crippen LogP contribution in [0.2, 0.25) is 5.02 Å². The first-order chi connectivity index (χ1) is 16.5. The molecule has 6 heteroatoms. The molecule has 0 radical (unpaired) electrons. The Morgan fingerprint density at radius 3 is 2.56 bits per heavy atom. The average molecular weight is 482 g/mol. The third-order valence-corrected chi connectivity index (χ3v) is 5.74. The van der Waals surface area contributed by atoms with Gasteiger partial charge in [0.15, 0.2) is 5.78 Å². The molecule has 178 valence electrons. The number of aryl methyl sites for hydroxylation is 1. The Morgan fingerprint density at radius 1 is 1.03 bits per heavy atom.